The SMILES string of the molecule is [2H]c1c([2H])c([2H])c2c(c1[2H])c1cc(CC(C)(C)C)ccc1n2-c1ccc2c(c1)N(c1c(-c3ccccc3)cccc1-c1ccccc1)c1cc(C([2H])([2H])C(C)(C)C)cc3c1B2c1ccc(-n2c4ccc(CC(C)(C)C)cc4c4c([2H])c([2H])c([2H])c([2H])c42)cc1N3c1c(-c2ccccc2)cccc1-c1ccccc1. The van der Waals surface area contributed by atoms with Gasteiger partial charge in [-0.25, -0.2) is 0 Å². The lowest BCUT2D eigenvalue weighted by atomic mass is 9.33. The minimum Gasteiger partial charge on any atom is -0.310 e. The topological polar surface area (TPSA) is 16.3 Å². The lowest BCUT2D eigenvalue weighted by molar-refractivity contribution is 0.411. The highest BCUT2D eigenvalue weighted by atomic mass is 15.2. The summed E-state index contributed by atoms with van der Waals surface area (Å²) < 4.78 is 102. The highest BCUT2D eigenvalue weighted by molar-refractivity contribution is 7.00. The smallest absolute Gasteiger partial charge is 0.252 e. The van der Waals surface area contributed by atoms with E-state index in [1.165, 1.54) is 0 Å². The standard InChI is InChI=1S/C93H81BN4/c1-91(2,3)58-61-44-50-82-76(52-61)74-36-22-24-42-80(74)95(82)68-46-48-78-84(56-68)97(89-70(64-28-14-10-15-29-64)38-26-39-71(89)65-30-16-11-17-31-65)86-54-63(60-93(7,8)9)55-87-88(86)94(78)79-49-47-69(96-81-43-25-23-37-75(81)77-53-62(45-51-83(77)96)59-92(4,5)6)57-85(79)98(87)90-72(66-32-18-12-19-33-66)40-27-41-73(90)67-34-20-13-21-35-67/h10-57H,58-60H2,1-9H3/i22D,23D,24D,25D,36D,37D,42D,43D,60D2. The highest BCUT2D eigenvalue weighted by Crippen LogP contribution is 2.54. The van der Waals surface area contributed by atoms with Crippen molar-refractivity contribution < 1.29 is 13.7 Å². The minimum absolute atomic E-state index is 0.0887. The van der Waals surface area contributed by atoms with Crippen LogP contribution in [0.1, 0.15) is 92.7 Å². The average molecular weight is 1280 g/mol. The van der Waals surface area contributed by atoms with E-state index in [1.54, 1.807) is 0 Å². The second-order valence-corrected chi connectivity index (χ2v) is 30.1. The number of hydrogen-bond donors (Lipinski definition) is 0. The summed E-state index contributed by atoms with van der Waals surface area (Å²) in [7, 11) is 0. The molecule has 2 aliphatic heterocycles. The molecule has 0 spiro atoms. The van der Waals surface area contributed by atoms with Crippen LogP contribution in [0.15, 0.2) is 291 Å². The van der Waals surface area contributed by atoms with E-state index in [1.807, 2.05) is 54.2 Å². The van der Waals surface area contributed by atoms with Crippen molar-refractivity contribution in [2.45, 2.75) is 81.5 Å². The highest BCUT2D eigenvalue weighted by Gasteiger charge is 2.46. The first kappa shape index (κ1) is 50.5. The molecule has 0 bridgehead atoms. The van der Waals surface area contributed by atoms with Crippen LogP contribution in [0.3, 0.4) is 0 Å². The molecule has 0 radical (unpaired) electrons. The number of rotatable bonds is 11. The average Bonchev–Trinajstić information content (AvgIpc) is 0.735. The van der Waals surface area contributed by atoms with Gasteiger partial charge in [-0.1, -0.05) is 281 Å². The van der Waals surface area contributed by atoms with Gasteiger partial charge in [0, 0.05) is 80.7 Å². The van der Waals surface area contributed by atoms with Gasteiger partial charge >= 0.3 is 0 Å². The molecule has 0 fully saturated rings. The molecule has 4 nitrogen and oxygen atoms in total. The predicted molar refractivity (Wildman–Crippen MR) is 420 cm³/mol. The third kappa shape index (κ3) is 10.6. The largest absolute Gasteiger partial charge is 0.310 e. The Labute approximate surface area is 591 Å². The van der Waals surface area contributed by atoms with Gasteiger partial charge in [0.1, 0.15) is 0 Å². The number of para-hydroxylation sites is 4. The van der Waals surface area contributed by atoms with E-state index in [0.717, 1.165) is 119 Å². The molecule has 476 valence electrons. The molecule has 5 heteroatoms. The first-order valence-corrected chi connectivity index (χ1v) is 34.2. The molecule has 17 rings (SSSR count). The summed E-state index contributed by atoms with van der Waals surface area (Å²) in [6.07, 6.45) is -0.555. The van der Waals surface area contributed by atoms with E-state index in [0.29, 0.717) is 60.5 Å². The summed E-state index contributed by atoms with van der Waals surface area (Å²) in [5, 5.41) is 2.28. The quantitative estimate of drug-likeness (QED) is 0.120. The maximum absolute atomic E-state index is 10.7. The summed E-state index contributed by atoms with van der Waals surface area (Å²) in [6, 6.07) is 82.4. The molecular weight excluding hydrogens is 1180 g/mol. The first-order valence-electron chi connectivity index (χ1n) is 39.2. The summed E-state index contributed by atoms with van der Waals surface area (Å²) in [6.45, 7) is 18.4. The first-order chi connectivity index (χ1) is 51.6. The fourth-order valence-corrected chi connectivity index (χ4v) is 15.7. The number of anilines is 6. The summed E-state index contributed by atoms with van der Waals surface area (Å²) in [5.41, 5.74) is 19.6. The van der Waals surface area contributed by atoms with Crippen LogP contribution in [0.2, 0.25) is 0 Å². The van der Waals surface area contributed by atoms with Crippen molar-refractivity contribution in [3.8, 4) is 55.9 Å². The Morgan fingerprint density at radius 2 is 0.694 bits per heavy atom. The van der Waals surface area contributed by atoms with E-state index in [4.69, 9.17) is 0 Å². The van der Waals surface area contributed by atoms with Gasteiger partial charge in [0.2, 0.25) is 0 Å². The number of hydrogen-bond acceptors (Lipinski definition) is 2. The molecule has 0 amide bonds. The zero-order chi connectivity index (χ0) is 75.5. The zero-order valence-electron chi connectivity index (χ0n) is 66.9. The van der Waals surface area contributed by atoms with Crippen molar-refractivity contribution in [2.24, 2.45) is 16.2 Å². The van der Waals surface area contributed by atoms with E-state index < -0.39 is 18.5 Å². The van der Waals surface area contributed by atoms with Crippen LogP contribution >= 0.6 is 0 Å². The van der Waals surface area contributed by atoms with Crippen molar-refractivity contribution >= 4 is 101 Å². The number of nitrogens with zero attached hydrogens (tertiary/aromatic N) is 4. The zero-order valence-corrected chi connectivity index (χ0v) is 56.9. The lowest BCUT2D eigenvalue weighted by Gasteiger charge is -2.46. The van der Waals surface area contributed by atoms with Crippen molar-refractivity contribution in [1.29, 1.82) is 0 Å². The molecule has 4 heterocycles. The molecular formula is C93H81BN4. The lowest BCUT2D eigenvalue weighted by Crippen LogP contribution is -2.61. The van der Waals surface area contributed by atoms with Gasteiger partial charge in [-0.3, -0.25) is 0 Å². The fourth-order valence-electron chi connectivity index (χ4n) is 15.7. The van der Waals surface area contributed by atoms with E-state index in [9.17, 15) is 13.7 Å². The van der Waals surface area contributed by atoms with Crippen molar-refractivity contribution in [2.75, 3.05) is 9.80 Å². The van der Waals surface area contributed by atoms with E-state index in [2.05, 4.69) is 270 Å². The molecule has 0 aliphatic carbocycles. The van der Waals surface area contributed by atoms with Crippen LogP contribution in [0.25, 0.3) is 99.5 Å². The third-order valence-corrected chi connectivity index (χ3v) is 19.3. The van der Waals surface area contributed by atoms with Gasteiger partial charge in [-0.05, 0) is 164 Å². The Morgan fingerprint density at radius 3 is 1.05 bits per heavy atom. The van der Waals surface area contributed by atoms with Crippen molar-refractivity contribution in [3.63, 3.8) is 0 Å². The summed E-state index contributed by atoms with van der Waals surface area (Å²) >= 11 is 0. The molecule has 0 atom stereocenters. The molecule has 98 heavy (non-hydrogen) atoms. The molecule has 0 saturated heterocycles. The van der Waals surface area contributed by atoms with E-state index in [-0.39, 0.29) is 59.2 Å². The summed E-state index contributed by atoms with van der Waals surface area (Å²) in [4.78, 5) is 4.73. The van der Waals surface area contributed by atoms with Crippen LogP contribution in [0.4, 0.5) is 34.1 Å². The minimum atomic E-state index is -2.02. The molecule has 0 saturated carbocycles. The Balaban J connectivity index is 1.07. The maximum atomic E-state index is 10.7. The van der Waals surface area contributed by atoms with Crippen LogP contribution in [-0.2, 0) is 19.2 Å². The Kier molecular flexibility index (Phi) is 12.1. The van der Waals surface area contributed by atoms with Crippen LogP contribution in [0.5, 0.6) is 0 Å². The molecule has 2 aliphatic rings. The van der Waals surface area contributed by atoms with Crippen LogP contribution in [0, 0.1) is 16.2 Å². The van der Waals surface area contributed by atoms with Crippen LogP contribution < -0.4 is 26.2 Å². The second-order valence-electron chi connectivity index (χ2n) is 30.1. The third-order valence-electron chi connectivity index (χ3n) is 19.3. The number of benzene rings is 13. The Bertz CT molecular complexity index is 5730. The van der Waals surface area contributed by atoms with Gasteiger partial charge in [0.15, 0.2) is 0 Å². The number of aromatic nitrogens is 2. The van der Waals surface area contributed by atoms with Crippen molar-refractivity contribution in [1.82, 2.24) is 9.13 Å². The Morgan fingerprint density at radius 1 is 0.327 bits per heavy atom. The van der Waals surface area contributed by atoms with Gasteiger partial charge in [0.25, 0.3) is 6.71 Å². The number of fused-ring (bicyclic) bond motifs is 10. The van der Waals surface area contributed by atoms with Gasteiger partial charge < -0.3 is 18.9 Å². The monoisotopic (exact) mass is 1270 g/mol. The predicted octanol–water partition coefficient (Wildman–Crippen LogP) is 23.4. The fraction of sp³-hybridized carbons (Fsp3) is 0.161. The maximum Gasteiger partial charge on any atom is 0.252 e. The summed E-state index contributed by atoms with van der Waals surface area (Å²) in [5.74, 6) is 0. The molecule has 15 aromatic rings. The second kappa shape index (κ2) is 23.5. The molecule has 0 N–H and O–H groups in total. The van der Waals surface area contributed by atoms with Crippen molar-refractivity contribution in [3.05, 3.63) is 308 Å². The Hall–Kier alpha value is -10.9. The van der Waals surface area contributed by atoms with Gasteiger partial charge in [0.05, 0.1) is 44.4 Å². The van der Waals surface area contributed by atoms with Gasteiger partial charge in [-0.2, -0.15) is 0 Å². The molecule has 2 aromatic heterocycles. The normalized spacial score (nSPS) is 14.6. The van der Waals surface area contributed by atoms with Gasteiger partial charge in [-0.15, -0.1) is 0 Å². The van der Waals surface area contributed by atoms with E-state index >= 15 is 0 Å². The van der Waals surface area contributed by atoms with Crippen LogP contribution in [-0.4, -0.2) is 15.8 Å². The molecule has 13 aromatic carbocycles. The molecule has 0 unspecified atom stereocenters.